The minimum atomic E-state index is -0.0428. The van der Waals surface area contributed by atoms with Crippen molar-refractivity contribution in [1.82, 2.24) is 0 Å². The van der Waals surface area contributed by atoms with Crippen LogP contribution in [0.4, 0.5) is 0 Å². The molecule has 0 saturated carbocycles. The van der Waals surface area contributed by atoms with Gasteiger partial charge >= 0.3 is 0 Å². The lowest BCUT2D eigenvalue weighted by Gasteiger charge is -1.90. The van der Waals surface area contributed by atoms with Crippen LogP contribution in [0.2, 0.25) is 0 Å². The minimum Gasteiger partial charge on any atom is -0.618 e. The van der Waals surface area contributed by atoms with Crippen LogP contribution < -0.4 is 4.73 Å². The van der Waals surface area contributed by atoms with Crippen LogP contribution in [0.3, 0.4) is 0 Å². The third-order valence-electron chi connectivity index (χ3n) is 0.705. The van der Waals surface area contributed by atoms with Crippen molar-refractivity contribution in [3.8, 4) is 5.75 Å². The van der Waals surface area contributed by atoms with Crippen LogP contribution in [-0.2, 0) is 0 Å². The van der Waals surface area contributed by atoms with E-state index in [0.717, 1.165) is 6.20 Å². The molecule has 0 saturated heterocycles. The summed E-state index contributed by atoms with van der Waals surface area (Å²) in [6.07, 6.45) is 3.30. The second kappa shape index (κ2) is 1.69. The Hall–Kier alpha value is -1.25. The molecule has 0 aliphatic heterocycles. The van der Waals surface area contributed by atoms with Gasteiger partial charge in [-0.15, -0.1) is 0 Å². The summed E-state index contributed by atoms with van der Waals surface area (Å²) in [4.78, 5) is 0. The Morgan fingerprint density at radius 3 is 2.88 bits per heavy atom. The largest absolute Gasteiger partial charge is 0.618 e. The number of nitrogens with zero attached hydrogens (tertiary/aromatic N) is 1. The molecule has 0 unspecified atom stereocenters. The van der Waals surface area contributed by atoms with Crippen LogP contribution in [0.25, 0.3) is 0 Å². The summed E-state index contributed by atoms with van der Waals surface area (Å²) in [6, 6.07) is 2.73. The molecule has 3 heteroatoms. The molecule has 0 aliphatic carbocycles. The summed E-state index contributed by atoms with van der Waals surface area (Å²) < 4.78 is 0.412. The van der Waals surface area contributed by atoms with Crippen molar-refractivity contribution < 1.29 is 9.84 Å². The lowest BCUT2D eigenvalue weighted by Crippen LogP contribution is -2.23. The maximum atomic E-state index is 10.2. The lowest BCUT2D eigenvalue weighted by molar-refractivity contribution is -0.610. The fourth-order valence-corrected chi connectivity index (χ4v) is 0.397. The van der Waals surface area contributed by atoms with E-state index in [1.807, 2.05) is 0 Å². The van der Waals surface area contributed by atoms with E-state index >= 15 is 0 Å². The van der Waals surface area contributed by atoms with Crippen molar-refractivity contribution in [3.63, 3.8) is 0 Å². The van der Waals surface area contributed by atoms with Crippen LogP contribution in [0.5, 0.6) is 5.75 Å². The first-order valence-electron chi connectivity index (χ1n) is 2.09. The van der Waals surface area contributed by atoms with Gasteiger partial charge in [-0.25, -0.2) is 0 Å². The number of hydrogen-bond donors (Lipinski definition) is 1. The first-order valence-corrected chi connectivity index (χ1v) is 2.09. The Balaban J connectivity index is 3.08. The molecule has 0 aromatic carbocycles. The van der Waals surface area contributed by atoms with Crippen molar-refractivity contribution in [2.24, 2.45) is 0 Å². The van der Waals surface area contributed by atoms with E-state index in [2.05, 4.69) is 6.20 Å². The molecule has 0 spiro atoms. The van der Waals surface area contributed by atoms with Crippen molar-refractivity contribution in [2.45, 2.75) is 0 Å². The minimum absolute atomic E-state index is 0.0428. The van der Waals surface area contributed by atoms with Gasteiger partial charge in [-0.1, -0.05) is 0 Å². The highest BCUT2D eigenvalue weighted by Gasteiger charge is 1.89. The van der Waals surface area contributed by atoms with Gasteiger partial charge in [-0.3, -0.25) is 0 Å². The van der Waals surface area contributed by atoms with E-state index in [9.17, 15) is 5.21 Å². The molecule has 3 nitrogen and oxygen atoms in total. The van der Waals surface area contributed by atoms with Gasteiger partial charge in [0, 0.05) is 6.07 Å². The summed E-state index contributed by atoms with van der Waals surface area (Å²) >= 11 is 0. The SMILES string of the molecule is [O-][n+]1[c]ccc(O)c1. The molecule has 0 fully saturated rings. The van der Waals surface area contributed by atoms with Gasteiger partial charge in [0.2, 0.25) is 6.20 Å². The molecular weight excluding hydrogens is 106 g/mol. The molecule has 1 rings (SSSR count). The predicted octanol–water partition coefficient (Wildman–Crippen LogP) is -0.174. The average Bonchev–Trinajstić information content (AvgIpc) is 1.64. The van der Waals surface area contributed by atoms with Gasteiger partial charge in [-0.05, 0) is 6.07 Å². The standard InChI is InChI=1S/C5H4NO2/c7-5-2-1-3-6(8)4-5/h1-2,4,7H. The van der Waals surface area contributed by atoms with Crippen molar-refractivity contribution in [3.05, 3.63) is 29.7 Å². The first kappa shape index (κ1) is 4.90. The average molecular weight is 110 g/mol. The Morgan fingerprint density at radius 2 is 2.50 bits per heavy atom. The van der Waals surface area contributed by atoms with Gasteiger partial charge in [-0.2, -0.15) is 4.73 Å². The van der Waals surface area contributed by atoms with E-state index in [1.165, 1.54) is 12.1 Å². The topological polar surface area (TPSA) is 47.2 Å². The fourth-order valence-electron chi connectivity index (χ4n) is 0.397. The molecule has 1 aromatic heterocycles. The van der Waals surface area contributed by atoms with E-state index in [1.54, 1.807) is 0 Å². The molecule has 1 aromatic rings. The highest BCUT2D eigenvalue weighted by atomic mass is 16.5. The molecule has 0 atom stereocenters. The van der Waals surface area contributed by atoms with Crippen molar-refractivity contribution >= 4 is 0 Å². The van der Waals surface area contributed by atoms with Gasteiger partial charge in [0.05, 0.1) is 0 Å². The zero-order valence-corrected chi connectivity index (χ0v) is 4.03. The van der Waals surface area contributed by atoms with E-state index in [4.69, 9.17) is 5.11 Å². The Bertz CT molecular complexity index is 170. The molecule has 1 radical (unpaired) electrons. The molecule has 0 aliphatic rings. The number of aromatic hydroxyl groups is 1. The monoisotopic (exact) mass is 110 g/mol. The second-order valence-corrected chi connectivity index (χ2v) is 1.34. The lowest BCUT2D eigenvalue weighted by atomic mass is 10.5. The van der Waals surface area contributed by atoms with Crippen LogP contribution >= 0.6 is 0 Å². The molecule has 8 heavy (non-hydrogen) atoms. The zero-order valence-electron chi connectivity index (χ0n) is 4.03. The predicted molar refractivity (Wildman–Crippen MR) is 25.9 cm³/mol. The van der Waals surface area contributed by atoms with E-state index in [0.29, 0.717) is 4.73 Å². The summed E-state index contributed by atoms with van der Waals surface area (Å²) in [5.41, 5.74) is 0. The van der Waals surface area contributed by atoms with Crippen molar-refractivity contribution in [2.75, 3.05) is 0 Å². The molecule has 41 valence electrons. The highest BCUT2D eigenvalue weighted by molar-refractivity contribution is 5.09. The van der Waals surface area contributed by atoms with Crippen molar-refractivity contribution in [1.29, 1.82) is 0 Å². The van der Waals surface area contributed by atoms with E-state index < -0.39 is 0 Å². The quantitative estimate of drug-likeness (QED) is 0.372. The number of rotatable bonds is 0. The Kier molecular flexibility index (Phi) is 1.04. The molecule has 1 N–H and O–H groups in total. The molecule has 0 amide bonds. The number of aromatic nitrogens is 1. The summed E-state index contributed by atoms with van der Waals surface area (Å²) in [5.74, 6) is -0.0428. The van der Waals surface area contributed by atoms with E-state index in [-0.39, 0.29) is 5.75 Å². The Morgan fingerprint density at radius 1 is 1.75 bits per heavy atom. The Labute approximate surface area is 46.4 Å². The molecule has 0 bridgehead atoms. The number of hydrogen-bond acceptors (Lipinski definition) is 2. The third-order valence-corrected chi connectivity index (χ3v) is 0.705. The van der Waals surface area contributed by atoms with Crippen LogP contribution in [0.15, 0.2) is 18.3 Å². The normalized spacial score (nSPS) is 9.00. The van der Waals surface area contributed by atoms with Crippen LogP contribution in [0.1, 0.15) is 0 Å². The highest BCUT2D eigenvalue weighted by Crippen LogP contribution is 1.98. The van der Waals surface area contributed by atoms with Crippen LogP contribution in [-0.4, -0.2) is 5.11 Å². The van der Waals surface area contributed by atoms with Gasteiger partial charge in [0.25, 0.3) is 6.20 Å². The smallest absolute Gasteiger partial charge is 0.290 e. The van der Waals surface area contributed by atoms with Gasteiger partial charge in [0.15, 0.2) is 5.75 Å². The summed E-state index contributed by atoms with van der Waals surface area (Å²) in [6.45, 7) is 0. The second-order valence-electron chi connectivity index (χ2n) is 1.34. The van der Waals surface area contributed by atoms with Crippen LogP contribution in [0, 0.1) is 11.4 Å². The number of pyridine rings is 1. The fraction of sp³-hybridized carbons (Fsp3) is 0. The molecular formula is C5H4NO2. The third kappa shape index (κ3) is 0.872. The first-order chi connectivity index (χ1) is 3.79. The molecule has 1 heterocycles. The van der Waals surface area contributed by atoms with Gasteiger partial charge in [0.1, 0.15) is 0 Å². The summed E-state index contributed by atoms with van der Waals surface area (Å²) in [7, 11) is 0. The summed E-state index contributed by atoms with van der Waals surface area (Å²) in [5, 5.41) is 18.8. The zero-order chi connectivity index (χ0) is 5.98. The van der Waals surface area contributed by atoms with Gasteiger partial charge < -0.3 is 10.3 Å². The maximum absolute atomic E-state index is 10.2. The maximum Gasteiger partial charge on any atom is 0.290 e.